The van der Waals surface area contributed by atoms with Crippen molar-refractivity contribution in [3.63, 3.8) is 0 Å². The van der Waals surface area contributed by atoms with E-state index in [2.05, 4.69) is 18.2 Å². The molecule has 0 spiro atoms. The first-order valence-corrected chi connectivity index (χ1v) is 11.4. The third kappa shape index (κ3) is 4.19. The number of para-hydroxylation sites is 1. The van der Waals surface area contributed by atoms with Gasteiger partial charge in [-0.05, 0) is 43.2 Å². The van der Waals surface area contributed by atoms with Gasteiger partial charge in [-0.1, -0.05) is 60.7 Å². The maximum absolute atomic E-state index is 14.1. The number of fused-ring (bicyclic) bond motifs is 1. The van der Waals surface area contributed by atoms with Crippen molar-refractivity contribution >= 4 is 16.7 Å². The van der Waals surface area contributed by atoms with Crippen molar-refractivity contribution in [1.82, 2.24) is 4.90 Å². The number of nitrogens with zero attached hydrogens (tertiary/aromatic N) is 2. The summed E-state index contributed by atoms with van der Waals surface area (Å²) in [5, 5.41) is 12.7. The third-order valence-corrected chi connectivity index (χ3v) is 6.54. The fourth-order valence-electron chi connectivity index (χ4n) is 5.10. The number of methoxy groups -OCH3 is 1. The van der Waals surface area contributed by atoms with Gasteiger partial charge in [0, 0.05) is 24.6 Å². The second kappa shape index (κ2) is 9.25. The van der Waals surface area contributed by atoms with Crippen molar-refractivity contribution in [2.75, 3.05) is 20.2 Å². The summed E-state index contributed by atoms with van der Waals surface area (Å²) in [6, 6.07) is 24.2. The molecule has 4 rings (SSSR count). The highest BCUT2D eigenvalue weighted by molar-refractivity contribution is 5.91. The summed E-state index contributed by atoms with van der Waals surface area (Å²) in [5.74, 6) is -0.0463. The Kier molecular flexibility index (Phi) is 6.40. The second-order valence-electron chi connectivity index (χ2n) is 9.02. The van der Waals surface area contributed by atoms with Gasteiger partial charge < -0.3 is 14.4 Å². The van der Waals surface area contributed by atoms with Crippen molar-refractivity contribution in [2.24, 2.45) is 5.41 Å². The molecule has 0 aromatic heterocycles. The van der Waals surface area contributed by atoms with Gasteiger partial charge in [0.05, 0.1) is 25.4 Å². The van der Waals surface area contributed by atoms with Gasteiger partial charge in [0.25, 0.3) is 0 Å². The van der Waals surface area contributed by atoms with Gasteiger partial charge >= 0.3 is 0 Å². The van der Waals surface area contributed by atoms with Gasteiger partial charge in [0.1, 0.15) is 11.2 Å². The van der Waals surface area contributed by atoms with Crippen LogP contribution in [0, 0.1) is 16.7 Å². The lowest BCUT2D eigenvalue weighted by Gasteiger charge is -2.41. The van der Waals surface area contributed by atoms with Gasteiger partial charge in [-0.25, -0.2) is 0 Å². The molecule has 1 heterocycles. The Morgan fingerprint density at radius 3 is 2.33 bits per heavy atom. The van der Waals surface area contributed by atoms with Crippen LogP contribution in [0.2, 0.25) is 0 Å². The van der Waals surface area contributed by atoms with Gasteiger partial charge in [-0.2, -0.15) is 5.26 Å². The maximum Gasteiger partial charge on any atom is 0.243 e. The highest BCUT2D eigenvalue weighted by Crippen LogP contribution is 2.47. The van der Waals surface area contributed by atoms with Gasteiger partial charge in [-0.3, -0.25) is 4.79 Å². The molecule has 1 fully saturated rings. The van der Waals surface area contributed by atoms with Gasteiger partial charge in [0.15, 0.2) is 0 Å². The number of nitriles is 1. The number of benzene rings is 3. The fourth-order valence-corrected chi connectivity index (χ4v) is 5.10. The molecule has 4 atom stereocenters. The summed E-state index contributed by atoms with van der Waals surface area (Å²) >= 11 is 0. The van der Waals surface area contributed by atoms with E-state index in [1.165, 1.54) is 0 Å². The molecule has 1 aliphatic rings. The Bertz CT molecular complexity index is 1190. The van der Waals surface area contributed by atoms with Crippen molar-refractivity contribution in [3.8, 4) is 11.8 Å². The van der Waals surface area contributed by atoms with E-state index in [-0.39, 0.29) is 18.1 Å². The predicted molar refractivity (Wildman–Crippen MR) is 129 cm³/mol. The normalized spacial score (nSPS) is 21.1. The van der Waals surface area contributed by atoms with Crippen LogP contribution in [-0.4, -0.2) is 43.2 Å². The zero-order chi connectivity index (χ0) is 23.6. The quantitative estimate of drug-likeness (QED) is 0.548. The Balaban J connectivity index is 1.93. The molecule has 3 aromatic carbocycles. The molecule has 0 N–H and O–H groups in total. The molecule has 1 amide bonds. The Labute approximate surface area is 195 Å². The van der Waals surface area contributed by atoms with Crippen LogP contribution in [0.15, 0.2) is 66.7 Å². The summed E-state index contributed by atoms with van der Waals surface area (Å²) in [5.41, 5.74) is 0.405. The van der Waals surface area contributed by atoms with E-state index < -0.39 is 11.3 Å². The molecule has 5 nitrogen and oxygen atoms in total. The van der Waals surface area contributed by atoms with E-state index in [1.54, 1.807) is 18.9 Å². The molecular formula is C28H30N2O3. The number of rotatable bonds is 5. The topological polar surface area (TPSA) is 62.6 Å². The SMILES string of the molecule is COc1ccccc1C(c1cccc2ccccc12)[C@@](C)(C#N)C(=O)N1CC(C)OC(C)C1. The molecule has 0 bridgehead atoms. The summed E-state index contributed by atoms with van der Waals surface area (Å²) < 4.78 is 11.5. The van der Waals surface area contributed by atoms with Crippen molar-refractivity contribution < 1.29 is 14.3 Å². The van der Waals surface area contributed by atoms with E-state index in [4.69, 9.17) is 9.47 Å². The van der Waals surface area contributed by atoms with Crippen molar-refractivity contribution in [2.45, 2.75) is 38.9 Å². The zero-order valence-corrected chi connectivity index (χ0v) is 19.6. The lowest BCUT2D eigenvalue weighted by atomic mass is 9.68. The molecule has 0 radical (unpaired) electrons. The van der Waals surface area contributed by atoms with E-state index in [9.17, 15) is 10.1 Å². The lowest BCUT2D eigenvalue weighted by molar-refractivity contribution is -0.150. The average molecular weight is 443 g/mol. The number of ether oxygens (including phenoxy) is 2. The fraction of sp³-hybridized carbons (Fsp3) is 0.357. The number of morpholine rings is 1. The minimum Gasteiger partial charge on any atom is -0.496 e. The summed E-state index contributed by atoms with van der Waals surface area (Å²) in [6.45, 7) is 6.62. The van der Waals surface area contributed by atoms with Gasteiger partial charge in [0.2, 0.25) is 5.91 Å². The summed E-state index contributed by atoms with van der Waals surface area (Å²) in [6.07, 6.45) is -0.161. The van der Waals surface area contributed by atoms with E-state index >= 15 is 0 Å². The molecule has 3 unspecified atom stereocenters. The molecule has 5 heteroatoms. The first kappa shape index (κ1) is 22.8. The molecule has 3 aromatic rings. The summed E-state index contributed by atoms with van der Waals surface area (Å²) in [7, 11) is 1.62. The third-order valence-electron chi connectivity index (χ3n) is 6.54. The maximum atomic E-state index is 14.1. The average Bonchev–Trinajstić information content (AvgIpc) is 2.83. The van der Waals surface area contributed by atoms with Crippen molar-refractivity contribution in [3.05, 3.63) is 77.9 Å². The number of hydrogen-bond donors (Lipinski definition) is 0. The van der Waals surface area contributed by atoms with Crippen LogP contribution in [0.25, 0.3) is 10.8 Å². The Morgan fingerprint density at radius 2 is 1.64 bits per heavy atom. The van der Waals surface area contributed by atoms with Crippen LogP contribution in [0.3, 0.4) is 0 Å². The Hall–Kier alpha value is -3.36. The smallest absolute Gasteiger partial charge is 0.243 e. The second-order valence-corrected chi connectivity index (χ2v) is 9.02. The molecule has 1 aliphatic heterocycles. The van der Waals surface area contributed by atoms with Crippen LogP contribution >= 0.6 is 0 Å². The molecule has 1 saturated heterocycles. The lowest BCUT2D eigenvalue weighted by Crippen LogP contribution is -2.53. The minimum atomic E-state index is -1.35. The number of carbonyl (C=O) groups excluding carboxylic acids is 1. The molecule has 170 valence electrons. The molecule has 0 saturated carbocycles. The Morgan fingerprint density at radius 1 is 1.03 bits per heavy atom. The van der Waals surface area contributed by atoms with Crippen LogP contribution in [-0.2, 0) is 9.53 Å². The monoisotopic (exact) mass is 442 g/mol. The first-order valence-electron chi connectivity index (χ1n) is 11.4. The standard InChI is InChI=1S/C28H30N2O3/c1-19-16-30(17-20(2)33-19)27(31)28(3,18-29)26(24-13-7-8-15-25(24)32-4)23-14-9-11-21-10-5-6-12-22(21)23/h5-15,19-20,26H,16-17H2,1-4H3/t19?,20?,26?,28-/m1/s1. The minimum absolute atomic E-state index is 0.0806. The van der Waals surface area contributed by atoms with Crippen LogP contribution < -0.4 is 4.74 Å². The van der Waals surface area contributed by atoms with E-state index in [0.717, 1.165) is 21.9 Å². The van der Waals surface area contributed by atoms with Crippen LogP contribution in [0.1, 0.15) is 37.8 Å². The summed E-state index contributed by atoms with van der Waals surface area (Å²) in [4.78, 5) is 15.9. The number of amides is 1. The highest BCUT2D eigenvalue weighted by Gasteiger charge is 2.48. The molecule has 0 aliphatic carbocycles. The van der Waals surface area contributed by atoms with Gasteiger partial charge in [-0.15, -0.1) is 0 Å². The van der Waals surface area contributed by atoms with Crippen molar-refractivity contribution in [1.29, 1.82) is 5.26 Å². The van der Waals surface area contributed by atoms with Crippen LogP contribution in [0.5, 0.6) is 5.75 Å². The van der Waals surface area contributed by atoms with E-state index in [0.29, 0.717) is 18.8 Å². The number of hydrogen-bond acceptors (Lipinski definition) is 4. The predicted octanol–water partition coefficient (Wildman–Crippen LogP) is 5.15. The molecular weight excluding hydrogens is 412 g/mol. The largest absolute Gasteiger partial charge is 0.496 e. The van der Waals surface area contributed by atoms with E-state index in [1.807, 2.05) is 68.4 Å². The highest BCUT2D eigenvalue weighted by atomic mass is 16.5. The van der Waals surface area contributed by atoms with Crippen LogP contribution in [0.4, 0.5) is 0 Å². The number of carbonyl (C=O) groups is 1. The zero-order valence-electron chi connectivity index (χ0n) is 19.6. The first-order chi connectivity index (χ1) is 15.9. The molecule has 33 heavy (non-hydrogen) atoms.